The van der Waals surface area contributed by atoms with Gasteiger partial charge in [-0.05, 0) is 38.0 Å². The molecular weight excluding hydrogens is 221 g/mol. The van der Waals surface area contributed by atoms with E-state index in [1.165, 1.54) is 12.1 Å². The molecule has 17 heavy (non-hydrogen) atoms. The van der Waals surface area contributed by atoms with Gasteiger partial charge in [-0.2, -0.15) is 0 Å². The molecule has 1 aromatic rings. The van der Waals surface area contributed by atoms with Crippen molar-refractivity contribution in [2.75, 3.05) is 6.61 Å². The molecule has 0 aliphatic rings. The number of benzene rings is 1. The van der Waals surface area contributed by atoms with Gasteiger partial charge in [-0.1, -0.05) is 12.1 Å². The minimum Gasteiger partial charge on any atom is -0.394 e. The number of rotatable bonds is 5. The number of aliphatic hydroxyl groups is 1. The van der Waals surface area contributed by atoms with Gasteiger partial charge in [-0.25, -0.2) is 4.39 Å². The van der Waals surface area contributed by atoms with Crippen molar-refractivity contribution in [3.63, 3.8) is 0 Å². The molecule has 0 saturated carbocycles. The molecule has 94 valence electrons. The first-order valence-corrected chi connectivity index (χ1v) is 5.59. The molecule has 0 unspecified atom stereocenters. The topological polar surface area (TPSA) is 49.3 Å². The number of aryl methyl sites for hydroxylation is 1. The van der Waals surface area contributed by atoms with E-state index in [1.54, 1.807) is 26.0 Å². The van der Waals surface area contributed by atoms with Crippen molar-refractivity contribution in [2.24, 2.45) is 0 Å². The van der Waals surface area contributed by atoms with E-state index in [1.807, 2.05) is 0 Å². The van der Waals surface area contributed by atoms with Gasteiger partial charge in [0.2, 0.25) is 5.91 Å². The van der Waals surface area contributed by atoms with Crippen LogP contribution in [0.2, 0.25) is 0 Å². The van der Waals surface area contributed by atoms with Crippen LogP contribution in [-0.4, -0.2) is 23.2 Å². The van der Waals surface area contributed by atoms with E-state index in [9.17, 15) is 9.18 Å². The molecule has 4 heteroatoms. The Labute approximate surface area is 101 Å². The lowest BCUT2D eigenvalue weighted by Crippen LogP contribution is -2.46. The number of nitrogens with one attached hydrogen (secondary N) is 1. The Morgan fingerprint density at radius 3 is 2.47 bits per heavy atom. The van der Waals surface area contributed by atoms with Gasteiger partial charge in [0.15, 0.2) is 0 Å². The summed E-state index contributed by atoms with van der Waals surface area (Å²) in [5.41, 5.74) is 0.322. The maximum absolute atomic E-state index is 12.6. The maximum atomic E-state index is 12.6. The number of hydrogen-bond acceptors (Lipinski definition) is 2. The van der Waals surface area contributed by atoms with Crippen molar-refractivity contribution in [3.05, 3.63) is 35.6 Å². The van der Waals surface area contributed by atoms with Crippen LogP contribution < -0.4 is 5.32 Å². The molecule has 0 bridgehead atoms. The summed E-state index contributed by atoms with van der Waals surface area (Å²) >= 11 is 0. The van der Waals surface area contributed by atoms with E-state index in [2.05, 4.69) is 5.32 Å². The largest absolute Gasteiger partial charge is 0.394 e. The van der Waals surface area contributed by atoms with E-state index in [4.69, 9.17) is 5.11 Å². The summed E-state index contributed by atoms with van der Waals surface area (Å²) in [6.07, 6.45) is 0.892. The lowest BCUT2D eigenvalue weighted by molar-refractivity contribution is -0.123. The second kappa shape index (κ2) is 5.77. The van der Waals surface area contributed by atoms with Gasteiger partial charge in [0.05, 0.1) is 12.1 Å². The summed E-state index contributed by atoms with van der Waals surface area (Å²) in [6, 6.07) is 6.09. The summed E-state index contributed by atoms with van der Waals surface area (Å²) in [6.45, 7) is 3.40. The Kier molecular flexibility index (Phi) is 4.63. The fourth-order valence-corrected chi connectivity index (χ4v) is 1.39. The molecule has 0 aliphatic carbocycles. The van der Waals surface area contributed by atoms with E-state index >= 15 is 0 Å². The lowest BCUT2D eigenvalue weighted by Gasteiger charge is -2.23. The van der Waals surface area contributed by atoms with Crippen LogP contribution in [0.1, 0.15) is 25.8 Å². The van der Waals surface area contributed by atoms with E-state index in [0.29, 0.717) is 12.8 Å². The highest BCUT2D eigenvalue weighted by atomic mass is 19.1. The summed E-state index contributed by atoms with van der Waals surface area (Å²) in [7, 11) is 0. The van der Waals surface area contributed by atoms with Crippen molar-refractivity contribution in [3.8, 4) is 0 Å². The highest BCUT2D eigenvalue weighted by Gasteiger charge is 2.18. The van der Waals surface area contributed by atoms with Gasteiger partial charge >= 0.3 is 0 Å². The third kappa shape index (κ3) is 4.95. The first kappa shape index (κ1) is 13.6. The van der Waals surface area contributed by atoms with Gasteiger partial charge in [0.25, 0.3) is 0 Å². The summed E-state index contributed by atoms with van der Waals surface area (Å²) < 4.78 is 12.6. The Hall–Kier alpha value is -1.42. The lowest BCUT2D eigenvalue weighted by atomic mass is 10.1. The number of amides is 1. The van der Waals surface area contributed by atoms with Gasteiger partial charge in [0, 0.05) is 6.42 Å². The fourth-order valence-electron chi connectivity index (χ4n) is 1.39. The quantitative estimate of drug-likeness (QED) is 0.820. The number of halogens is 1. The molecule has 0 fully saturated rings. The standard InChI is InChI=1S/C13H18FNO2/c1-13(2,9-16)15-12(17)8-5-10-3-6-11(14)7-4-10/h3-4,6-7,16H,5,8-9H2,1-2H3,(H,15,17). The number of hydrogen-bond donors (Lipinski definition) is 2. The average Bonchev–Trinajstić information content (AvgIpc) is 2.28. The second-order valence-electron chi connectivity index (χ2n) is 4.72. The molecule has 2 N–H and O–H groups in total. The fraction of sp³-hybridized carbons (Fsp3) is 0.462. The first-order chi connectivity index (χ1) is 7.93. The molecule has 1 rings (SSSR count). The Morgan fingerprint density at radius 1 is 1.35 bits per heavy atom. The van der Waals surface area contributed by atoms with Gasteiger partial charge in [-0.3, -0.25) is 4.79 Å². The smallest absolute Gasteiger partial charge is 0.220 e. The molecule has 0 spiro atoms. The minimum absolute atomic E-state index is 0.102. The van der Waals surface area contributed by atoms with Crippen LogP contribution in [0.5, 0.6) is 0 Å². The van der Waals surface area contributed by atoms with Crippen LogP contribution in [0.15, 0.2) is 24.3 Å². The molecule has 0 aliphatic heterocycles. The monoisotopic (exact) mass is 239 g/mol. The van der Waals surface area contributed by atoms with Crippen LogP contribution in [0.3, 0.4) is 0 Å². The SMILES string of the molecule is CC(C)(CO)NC(=O)CCc1ccc(F)cc1. The molecular formula is C13H18FNO2. The van der Waals surface area contributed by atoms with E-state index in [-0.39, 0.29) is 18.3 Å². The second-order valence-corrected chi connectivity index (χ2v) is 4.72. The van der Waals surface area contributed by atoms with Crippen molar-refractivity contribution in [2.45, 2.75) is 32.2 Å². The van der Waals surface area contributed by atoms with Crippen molar-refractivity contribution < 1.29 is 14.3 Å². The van der Waals surface area contributed by atoms with Gasteiger partial charge in [0.1, 0.15) is 5.82 Å². The molecule has 0 heterocycles. The predicted octanol–water partition coefficient (Wildman–Crippen LogP) is 1.65. The Bertz CT molecular complexity index is 374. The number of carbonyl (C=O) groups excluding carboxylic acids is 1. The Morgan fingerprint density at radius 2 is 1.94 bits per heavy atom. The Balaban J connectivity index is 2.41. The van der Waals surface area contributed by atoms with Crippen molar-refractivity contribution in [1.29, 1.82) is 0 Å². The average molecular weight is 239 g/mol. The van der Waals surface area contributed by atoms with Crippen molar-refractivity contribution >= 4 is 5.91 Å². The van der Waals surface area contributed by atoms with Gasteiger partial charge < -0.3 is 10.4 Å². The number of aliphatic hydroxyl groups excluding tert-OH is 1. The highest BCUT2D eigenvalue weighted by molar-refractivity contribution is 5.76. The third-order valence-electron chi connectivity index (χ3n) is 2.43. The van der Waals surface area contributed by atoms with Crippen LogP contribution >= 0.6 is 0 Å². The van der Waals surface area contributed by atoms with Crippen molar-refractivity contribution in [1.82, 2.24) is 5.32 Å². The molecule has 3 nitrogen and oxygen atoms in total. The molecule has 0 saturated heterocycles. The molecule has 1 amide bonds. The van der Waals surface area contributed by atoms with E-state index in [0.717, 1.165) is 5.56 Å². The summed E-state index contributed by atoms with van der Waals surface area (Å²) in [5, 5.41) is 11.7. The third-order valence-corrected chi connectivity index (χ3v) is 2.43. The van der Waals surface area contributed by atoms with Crippen LogP contribution in [-0.2, 0) is 11.2 Å². The minimum atomic E-state index is -0.597. The molecule has 0 atom stereocenters. The number of carbonyl (C=O) groups is 1. The van der Waals surface area contributed by atoms with E-state index < -0.39 is 5.54 Å². The first-order valence-electron chi connectivity index (χ1n) is 5.59. The molecule has 0 radical (unpaired) electrons. The van der Waals surface area contributed by atoms with Crippen LogP contribution in [0, 0.1) is 5.82 Å². The zero-order valence-corrected chi connectivity index (χ0v) is 10.2. The van der Waals surface area contributed by atoms with Crippen LogP contribution in [0.4, 0.5) is 4.39 Å². The maximum Gasteiger partial charge on any atom is 0.220 e. The normalized spacial score (nSPS) is 11.3. The highest BCUT2D eigenvalue weighted by Crippen LogP contribution is 2.06. The van der Waals surface area contributed by atoms with Gasteiger partial charge in [-0.15, -0.1) is 0 Å². The molecule has 1 aromatic carbocycles. The van der Waals surface area contributed by atoms with Crippen LogP contribution in [0.25, 0.3) is 0 Å². The summed E-state index contributed by atoms with van der Waals surface area (Å²) in [4.78, 5) is 11.6. The molecule has 0 aromatic heterocycles. The predicted molar refractivity (Wildman–Crippen MR) is 64.0 cm³/mol. The zero-order valence-electron chi connectivity index (χ0n) is 10.2. The summed E-state index contributed by atoms with van der Waals surface area (Å²) in [5.74, 6) is -0.395. The zero-order chi connectivity index (χ0) is 12.9.